The Morgan fingerprint density at radius 3 is 2.69 bits per heavy atom. The number of nitrogens with one attached hydrogen (secondary N) is 2. The zero-order valence-corrected chi connectivity index (χ0v) is 15.9. The molecule has 4 nitrogen and oxygen atoms in total. The smallest absolute Gasteiger partial charge is 0.237 e. The molecule has 0 bridgehead atoms. The van der Waals surface area contributed by atoms with Crippen LogP contribution in [0.15, 0.2) is 48.5 Å². The van der Waals surface area contributed by atoms with Crippen molar-refractivity contribution < 1.29 is 9.53 Å². The average Bonchev–Trinajstić information content (AvgIpc) is 2.67. The van der Waals surface area contributed by atoms with Crippen molar-refractivity contribution in [2.45, 2.75) is 44.8 Å². The molecule has 1 aliphatic heterocycles. The summed E-state index contributed by atoms with van der Waals surface area (Å²) in [7, 11) is 0. The lowest BCUT2D eigenvalue weighted by atomic mass is 10.00. The first-order valence-electron chi connectivity index (χ1n) is 9.12. The fourth-order valence-corrected chi connectivity index (χ4v) is 3.44. The second-order valence-corrected chi connectivity index (χ2v) is 7.07. The van der Waals surface area contributed by atoms with Crippen molar-refractivity contribution in [1.29, 1.82) is 0 Å². The molecule has 0 saturated heterocycles. The second kappa shape index (κ2) is 8.56. The van der Waals surface area contributed by atoms with Crippen molar-refractivity contribution in [1.82, 2.24) is 10.6 Å². The largest absolute Gasteiger partial charge is 0.493 e. The van der Waals surface area contributed by atoms with Gasteiger partial charge in [0.15, 0.2) is 0 Å². The van der Waals surface area contributed by atoms with Crippen LogP contribution in [-0.4, -0.2) is 18.6 Å². The monoisotopic (exact) mass is 372 g/mol. The molecule has 3 atom stereocenters. The van der Waals surface area contributed by atoms with Crippen LogP contribution in [0.4, 0.5) is 0 Å². The third-order valence-corrected chi connectivity index (χ3v) is 5.05. The predicted octanol–water partition coefficient (Wildman–Crippen LogP) is 4.41. The average molecular weight is 373 g/mol. The Kier molecular flexibility index (Phi) is 6.17. The summed E-state index contributed by atoms with van der Waals surface area (Å²) in [6, 6.07) is 15.4. The van der Waals surface area contributed by atoms with Crippen LogP contribution < -0.4 is 15.4 Å². The van der Waals surface area contributed by atoms with E-state index in [2.05, 4.69) is 17.6 Å². The summed E-state index contributed by atoms with van der Waals surface area (Å²) in [5.74, 6) is 0.858. The van der Waals surface area contributed by atoms with E-state index in [4.69, 9.17) is 16.3 Å². The first kappa shape index (κ1) is 18.7. The number of ether oxygens (including phenoxy) is 1. The fraction of sp³-hybridized carbons (Fsp3) is 0.381. The molecule has 1 aliphatic rings. The van der Waals surface area contributed by atoms with Gasteiger partial charge >= 0.3 is 0 Å². The van der Waals surface area contributed by atoms with Crippen LogP contribution in [0.3, 0.4) is 0 Å². The number of halogens is 1. The quantitative estimate of drug-likeness (QED) is 0.789. The van der Waals surface area contributed by atoms with Crippen molar-refractivity contribution >= 4 is 17.5 Å². The van der Waals surface area contributed by atoms with Gasteiger partial charge in [0.1, 0.15) is 5.75 Å². The zero-order valence-electron chi connectivity index (χ0n) is 15.2. The van der Waals surface area contributed by atoms with Crippen molar-refractivity contribution in [3.05, 3.63) is 64.7 Å². The second-order valence-electron chi connectivity index (χ2n) is 6.64. The summed E-state index contributed by atoms with van der Waals surface area (Å²) in [6.45, 7) is 4.62. The number of hydrogen-bond acceptors (Lipinski definition) is 3. The molecule has 2 aromatic rings. The van der Waals surface area contributed by atoms with E-state index in [0.717, 1.165) is 29.7 Å². The number of carbonyl (C=O) groups is 1. The van der Waals surface area contributed by atoms with E-state index in [9.17, 15) is 4.79 Å². The number of amides is 1. The highest BCUT2D eigenvalue weighted by molar-refractivity contribution is 6.30. The van der Waals surface area contributed by atoms with Gasteiger partial charge in [-0.2, -0.15) is 0 Å². The Bertz CT molecular complexity index is 748. The fourth-order valence-electron chi connectivity index (χ4n) is 3.31. The Hall–Kier alpha value is -2.04. The molecule has 2 aromatic carbocycles. The topological polar surface area (TPSA) is 50.4 Å². The highest BCUT2D eigenvalue weighted by Crippen LogP contribution is 2.31. The first-order valence-corrected chi connectivity index (χ1v) is 9.50. The normalized spacial score (nSPS) is 18.3. The predicted molar refractivity (Wildman–Crippen MR) is 105 cm³/mol. The van der Waals surface area contributed by atoms with Gasteiger partial charge in [0.2, 0.25) is 5.91 Å². The summed E-state index contributed by atoms with van der Waals surface area (Å²) in [5, 5.41) is 7.31. The molecule has 2 N–H and O–H groups in total. The molecular formula is C21H25ClN2O2. The number of benzene rings is 2. The van der Waals surface area contributed by atoms with Gasteiger partial charge in [0.25, 0.3) is 0 Å². The lowest BCUT2D eigenvalue weighted by Crippen LogP contribution is -2.45. The molecule has 138 valence electrons. The molecule has 3 rings (SSSR count). The summed E-state index contributed by atoms with van der Waals surface area (Å²) in [5.41, 5.74) is 2.18. The van der Waals surface area contributed by atoms with Crippen molar-refractivity contribution in [2.75, 3.05) is 6.61 Å². The van der Waals surface area contributed by atoms with Crippen LogP contribution in [0, 0.1) is 0 Å². The summed E-state index contributed by atoms with van der Waals surface area (Å²) < 4.78 is 5.67. The van der Waals surface area contributed by atoms with Gasteiger partial charge in [-0.15, -0.1) is 0 Å². The molecule has 0 spiro atoms. The molecule has 1 amide bonds. The van der Waals surface area contributed by atoms with Gasteiger partial charge in [-0.25, -0.2) is 0 Å². The molecule has 0 radical (unpaired) electrons. The number of rotatable bonds is 6. The molecule has 0 aliphatic carbocycles. The van der Waals surface area contributed by atoms with Crippen molar-refractivity contribution in [3.8, 4) is 5.75 Å². The van der Waals surface area contributed by atoms with E-state index < -0.39 is 0 Å². The number of fused-ring (bicyclic) bond motifs is 1. The molecule has 0 fully saturated rings. The van der Waals surface area contributed by atoms with Crippen LogP contribution >= 0.6 is 11.6 Å². The Morgan fingerprint density at radius 2 is 1.96 bits per heavy atom. The highest BCUT2D eigenvalue weighted by Gasteiger charge is 2.25. The summed E-state index contributed by atoms with van der Waals surface area (Å²) >= 11 is 5.97. The molecule has 5 heteroatoms. The van der Waals surface area contributed by atoms with E-state index in [1.54, 1.807) is 0 Å². The van der Waals surface area contributed by atoms with Crippen LogP contribution in [0.25, 0.3) is 0 Å². The van der Waals surface area contributed by atoms with E-state index in [-0.39, 0.29) is 24.0 Å². The van der Waals surface area contributed by atoms with Gasteiger partial charge in [0, 0.05) is 23.0 Å². The Morgan fingerprint density at radius 1 is 1.23 bits per heavy atom. The minimum absolute atomic E-state index is 0.000818. The van der Waals surface area contributed by atoms with Crippen LogP contribution in [0.2, 0.25) is 5.02 Å². The first-order chi connectivity index (χ1) is 12.6. The lowest BCUT2D eigenvalue weighted by Gasteiger charge is -2.29. The number of carbonyl (C=O) groups excluding carboxylic acids is 1. The standard InChI is InChI=1S/C21H25ClN2O2/c1-3-18(15-8-10-16(22)11-9-15)23-14(2)21(25)24-19-12-13-26-20-7-5-4-6-17(19)20/h4-11,14,18-19,23H,3,12-13H2,1-2H3,(H,24,25). The maximum Gasteiger partial charge on any atom is 0.237 e. The molecular weight excluding hydrogens is 348 g/mol. The van der Waals surface area contributed by atoms with E-state index >= 15 is 0 Å². The van der Waals surface area contributed by atoms with E-state index in [1.165, 1.54) is 0 Å². The third-order valence-electron chi connectivity index (χ3n) is 4.80. The maximum atomic E-state index is 12.7. The van der Waals surface area contributed by atoms with Crippen LogP contribution in [0.1, 0.15) is 49.9 Å². The third kappa shape index (κ3) is 4.37. The van der Waals surface area contributed by atoms with Gasteiger partial charge in [-0.05, 0) is 37.1 Å². The summed E-state index contributed by atoms with van der Waals surface area (Å²) in [4.78, 5) is 12.7. The van der Waals surface area contributed by atoms with Crippen molar-refractivity contribution in [3.63, 3.8) is 0 Å². The van der Waals surface area contributed by atoms with Gasteiger partial charge in [-0.1, -0.05) is 48.9 Å². The van der Waals surface area contributed by atoms with Crippen LogP contribution in [0.5, 0.6) is 5.75 Å². The Labute approximate surface area is 159 Å². The van der Waals surface area contributed by atoms with Gasteiger partial charge < -0.3 is 10.1 Å². The van der Waals surface area contributed by atoms with E-state index in [1.807, 2.05) is 55.5 Å². The van der Waals surface area contributed by atoms with Gasteiger partial charge in [-0.3, -0.25) is 10.1 Å². The number of para-hydroxylation sites is 1. The maximum absolute atomic E-state index is 12.7. The molecule has 1 heterocycles. The number of hydrogen-bond donors (Lipinski definition) is 2. The van der Waals surface area contributed by atoms with Crippen molar-refractivity contribution in [2.24, 2.45) is 0 Å². The summed E-state index contributed by atoms with van der Waals surface area (Å²) in [6.07, 6.45) is 1.67. The minimum Gasteiger partial charge on any atom is -0.493 e. The molecule has 0 saturated carbocycles. The highest BCUT2D eigenvalue weighted by atomic mass is 35.5. The van der Waals surface area contributed by atoms with E-state index in [0.29, 0.717) is 11.6 Å². The molecule has 3 unspecified atom stereocenters. The van der Waals surface area contributed by atoms with Crippen LogP contribution in [-0.2, 0) is 4.79 Å². The Balaban J connectivity index is 1.63. The van der Waals surface area contributed by atoms with Gasteiger partial charge in [0.05, 0.1) is 18.7 Å². The molecule has 0 aromatic heterocycles. The lowest BCUT2D eigenvalue weighted by molar-refractivity contribution is -0.123. The SMILES string of the molecule is CCC(NC(C)C(=O)NC1CCOc2ccccc21)c1ccc(Cl)cc1. The molecule has 26 heavy (non-hydrogen) atoms. The minimum atomic E-state index is -0.300. The zero-order chi connectivity index (χ0) is 18.5.